The molecule has 1 unspecified atom stereocenters. The van der Waals surface area contributed by atoms with Crippen molar-refractivity contribution >= 4 is 62.3 Å². The first-order chi connectivity index (χ1) is 20.9. The van der Waals surface area contributed by atoms with Crippen molar-refractivity contribution in [2.45, 2.75) is 82.8 Å². The van der Waals surface area contributed by atoms with Gasteiger partial charge in [0.15, 0.2) is 0 Å². The van der Waals surface area contributed by atoms with Gasteiger partial charge in [0.05, 0.1) is 10.6 Å². The van der Waals surface area contributed by atoms with Crippen molar-refractivity contribution in [1.29, 1.82) is 0 Å². The quantitative estimate of drug-likeness (QED) is 0.225. The van der Waals surface area contributed by atoms with Crippen LogP contribution in [0.15, 0.2) is 65.6 Å². The summed E-state index contributed by atoms with van der Waals surface area (Å²) < 4.78 is 29.4. The number of carbonyl (C=O) groups excluding carboxylic acids is 2. The second-order valence-electron chi connectivity index (χ2n) is 11.2. The summed E-state index contributed by atoms with van der Waals surface area (Å²) in [7, 11) is -4.22. The number of rotatable bonds is 11. The highest BCUT2D eigenvalue weighted by Crippen LogP contribution is 2.32. The Morgan fingerprint density at radius 1 is 0.932 bits per heavy atom. The lowest BCUT2D eigenvalue weighted by Gasteiger charge is -2.35. The number of carbonyl (C=O) groups is 2. The van der Waals surface area contributed by atoms with Gasteiger partial charge < -0.3 is 10.2 Å². The maximum Gasteiger partial charge on any atom is 0.264 e. The Morgan fingerprint density at radius 2 is 1.61 bits per heavy atom. The third-order valence-electron chi connectivity index (χ3n) is 8.09. The third kappa shape index (κ3) is 8.08. The Labute approximate surface area is 275 Å². The van der Waals surface area contributed by atoms with Crippen LogP contribution >= 0.6 is 34.8 Å². The summed E-state index contributed by atoms with van der Waals surface area (Å²) in [6, 6.07) is 15.5. The maximum atomic E-state index is 14.4. The lowest BCUT2D eigenvalue weighted by atomic mass is 9.95. The molecule has 0 aromatic heterocycles. The van der Waals surface area contributed by atoms with E-state index in [4.69, 9.17) is 34.8 Å². The van der Waals surface area contributed by atoms with Crippen molar-refractivity contribution < 1.29 is 18.0 Å². The standard InChI is InChI=1S/C33H38Cl3N3O4S/c1-4-30(33(41)37-26-9-6-5-7-10-26)38(20-24-15-16-25(34)19-29(24)36)32(40)21-39(31-12-8-11-28(35)23(31)3)44(42,43)27-17-13-22(2)14-18-27/h8,11-19,26,30H,4-7,9-10,20-21H2,1-3H3,(H,37,41). The van der Waals surface area contributed by atoms with Gasteiger partial charge in [-0.15, -0.1) is 0 Å². The molecule has 1 aliphatic carbocycles. The molecule has 2 amide bonds. The zero-order valence-corrected chi connectivity index (χ0v) is 28.2. The molecule has 44 heavy (non-hydrogen) atoms. The van der Waals surface area contributed by atoms with E-state index >= 15 is 0 Å². The summed E-state index contributed by atoms with van der Waals surface area (Å²) in [6.07, 6.45) is 5.30. The zero-order chi connectivity index (χ0) is 32.0. The van der Waals surface area contributed by atoms with E-state index < -0.39 is 28.5 Å². The molecule has 0 heterocycles. The van der Waals surface area contributed by atoms with Crippen LogP contribution in [0.3, 0.4) is 0 Å². The lowest BCUT2D eigenvalue weighted by Crippen LogP contribution is -2.54. The summed E-state index contributed by atoms with van der Waals surface area (Å²) in [5, 5.41) is 4.28. The predicted molar refractivity (Wildman–Crippen MR) is 178 cm³/mol. The van der Waals surface area contributed by atoms with E-state index in [1.165, 1.54) is 17.0 Å². The molecule has 11 heteroatoms. The minimum atomic E-state index is -4.22. The van der Waals surface area contributed by atoms with Gasteiger partial charge in [0.2, 0.25) is 11.8 Å². The molecule has 0 spiro atoms. The summed E-state index contributed by atoms with van der Waals surface area (Å²) >= 11 is 19.1. The molecule has 3 aromatic carbocycles. The Kier molecular flexibility index (Phi) is 11.6. The summed E-state index contributed by atoms with van der Waals surface area (Å²) in [4.78, 5) is 29.5. The topological polar surface area (TPSA) is 86.8 Å². The van der Waals surface area contributed by atoms with Crippen LogP contribution in [0.25, 0.3) is 0 Å². The van der Waals surface area contributed by atoms with Gasteiger partial charge in [-0.2, -0.15) is 0 Å². The monoisotopic (exact) mass is 677 g/mol. The number of anilines is 1. The van der Waals surface area contributed by atoms with Gasteiger partial charge in [0.25, 0.3) is 10.0 Å². The Bertz CT molecular complexity index is 1590. The van der Waals surface area contributed by atoms with E-state index in [2.05, 4.69) is 5.32 Å². The molecule has 236 valence electrons. The SMILES string of the molecule is CCC(C(=O)NC1CCCCC1)N(Cc1ccc(Cl)cc1Cl)C(=O)CN(c1cccc(Cl)c1C)S(=O)(=O)c1ccc(C)cc1. The molecular weight excluding hydrogens is 641 g/mol. The number of aryl methyl sites for hydroxylation is 1. The average molecular weight is 679 g/mol. The van der Waals surface area contributed by atoms with Crippen molar-refractivity contribution in [3.8, 4) is 0 Å². The predicted octanol–water partition coefficient (Wildman–Crippen LogP) is 7.72. The molecule has 7 nitrogen and oxygen atoms in total. The fraction of sp³-hybridized carbons (Fsp3) is 0.394. The van der Waals surface area contributed by atoms with E-state index in [1.807, 2.05) is 13.8 Å². The van der Waals surface area contributed by atoms with Crippen LogP contribution in [0, 0.1) is 13.8 Å². The minimum absolute atomic E-state index is 0.0155. The molecule has 0 aliphatic heterocycles. The minimum Gasteiger partial charge on any atom is -0.352 e. The van der Waals surface area contributed by atoms with Crippen molar-refractivity contribution in [3.63, 3.8) is 0 Å². The van der Waals surface area contributed by atoms with Crippen LogP contribution in [-0.2, 0) is 26.2 Å². The normalized spacial score (nSPS) is 14.6. The highest BCUT2D eigenvalue weighted by molar-refractivity contribution is 7.92. The first kappa shape index (κ1) is 34.1. The number of amides is 2. The molecular formula is C33H38Cl3N3O4S. The third-order valence-corrected chi connectivity index (χ3v) is 10.9. The van der Waals surface area contributed by atoms with Crippen LogP contribution < -0.4 is 9.62 Å². The average Bonchev–Trinajstić information content (AvgIpc) is 2.99. The van der Waals surface area contributed by atoms with Crippen LogP contribution in [-0.4, -0.2) is 43.8 Å². The van der Waals surface area contributed by atoms with Crippen LogP contribution in [0.4, 0.5) is 5.69 Å². The molecule has 3 aromatic rings. The highest BCUT2D eigenvalue weighted by Gasteiger charge is 2.35. The van der Waals surface area contributed by atoms with Gasteiger partial charge in [-0.05, 0) is 80.6 Å². The molecule has 1 atom stereocenters. The number of sulfonamides is 1. The molecule has 0 radical (unpaired) electrons. The van der Waals surface area contributed by atoms with Gasteiger partial charge in [0, 0.05) is 27.7 Å². The molecule has 1 fully saturated rings. The Balaban J connectivity index is 1.76. The summed E-state index contributed by atoms with van der Waals surface area (Å²) in [6.45, 7) is 4.82. The Morgan fingerprint density at radius 3 is 2.25 bits per heavy atom. The molecule has 0 bridgehead atoms. The number of hydrogen-bond acceptors (Lipinski definition) is 4. The number of halogens is 3. The van der Waals surface area contributed by atoms with Crippen molar-refractivity contribution in [2.75, 3.05) is 10.8 Å². The highest BCUT2D eigenvalue weighted by atomic mass is 35.5. The molecule has 1 saturated carbocycles. The van der Waals surface area contributed by atoms with Gasteiger partial charge in [-0.25, -0.2) is 8.42 Å². The largest absolute Gasteiger partial charge is 0.352 e. The fourth-order valence-electron chi connectivity index (χ4n) is 5.51. The number of nitrogens with one attached hydrogen (secondary N) is 1. The van der Waals surface area contributed by atoms with Crippen LogP contribution in [0.2, 0.25) is 15.1 Å². The van der Waals surface area contributed by atoms with Crippen molar-refractivity contribution in [3.05, 3.63) is 92.4 Å². The van der Waals surface area contributed by atoms with Gasteiger partial charge >= 0.3 is 0 Å². The number of nitrogens with zero attached hydrogens (tertiary/aromatic N) is 2. The molecule has 4 rings (SSSR count). The van der Waals surface area contributed by atoms with Gasteiger partial charge in [-0.1, -0.05) is 90.8 Å². The Hall–Kier alpha value is -2.78. The zero-order valence-electron chi connectivity index (χ0n) is 25.2. The van der Waals surface area contributed by atoms with E-state index in [-0.39, 0.29) is 29.1 Å². The fourth-order valence-corrected chi connectivity index (χ4v) is 7.62. The number of hydrogen-bond donors (Lipinski definition) is 1. The summed E-state index contributed by atoms with van der Waals surface area (Å²) in [5.41, 5.74) is 2.26. The van der Waals surface area contributed by atoms with E-state index in [0.717, 1.165) is 42.0 Å². The second-order valence-corrected chi connectivity index (χ2v) is 14.3. The lowest BCUT2D eigenvalue weighted by molar-refractivity contribution is -0.140. The summed E-state index contributed by atoms with van der Waals surface area (Å²) in [5.74, 6) is -0.832. The maximum absolute atomic E-state index is 14.4. The van der Waals surface area contributed by atoms with E-state index in [0.29, 0.717) is 32.6 Å². The second kappa shape index (κ2) is 15.0. The van der Waals surface area contributed by atoms with E-state index in [1.54, 1.807) is 55.5 Å². The molecule has 0 saturated heterocycles. The van der Waals surface area contributed by atoms with Crippen molar-refractivity contribution in [2.24, 2.45) is 0 Å². The number of benzene rings is 3. The van der Waals surface area contributed by atoms with E-state index in [9.17, 15) is 18.0 Å². The van der Waals surface area contributed by atoms with Gasteiger partial charge in [-0.3, -0.25) is 13.9 Å². The van der Waals surface area contributed by atoms with Crippen molar-refractivity contribution in [1.82, 2.24) is 10.2 Å². The smallest absolute Gasteiger partial charge is 0.264 e. The van der Waals surface area contributed by atoms with Gasteiger partial charge in [0.1, 0.15) is 12.6 Å². The van der Waals surface area contributed by atoms with Crippen LogP contribution in [0.5, 0.6) is 0 Å². The van der Waals surface area contributed by atoms with Crippen LogP contribution in [0.1, 0.15) is 62.1 Å². The molecule has 1 aliphatic rings. The molecule has 1 N–H and O–H groups in total. The first-order valence-electron chi connectivity index (χ1n) is 14.8. The first-order valence-corrected chi connectivity index (χ1v) is 17.4.